The first-order chi connectivity index (χ1) is 13.1. The lowest BCUT2D eigenvalue weighted by Crippen LogP contribution is -2.52. The van der Waals surface area contributed by atoms with E-state index in [1.165, 1.54) is 29.3 Å². The van der Waals surface area contributed by atoms with Crippen LogP contribution in [0.4, 0.5) is 4.39 Å². The molecule has 27 heavy (non-hydrogen) atoms. The Morgan fingerprint density at radius 3 is 2.74 bits per heavy atom. The van der Waals surface area contributed by atoms with Crippen LogP contribution in [0.25, 0.3) is 11.3 Å². The fourth-order valence-corrected chi connectivity index (χ4v) is 3.32. The van der Waals surface area contributed by atoms with Gasteiger partial charge in [0.05, 0.1) is 17.5 Å². The molecule has 7 heteroatoms. The molecule has 0 bridgehead atoms. The van der Waals surface area contributed by atoms with E-state index in [9.17, 15) is 14.0 Å². The first-order valence-corrected chi connectivity index (χ1v) is 8.58. The number of benzene rings is 2. The summed E-state index contributed by atoms with van der Waals surface area (Å²) in [6.45, 7) is 0.667. The van der Waals surface area contributed by atoms with Crippen LogP contribution in [0.2, 0.25) is 0 Å². The quantitative estimate of drug-likeness (QED) is 0.750. The fourth-order valence-electron chi connectivity index (χ4n) is 3.32. The van der Waals surface area contributed by atoms with Crippen molar-refractivity contribution in [3.05, 3.63) is 77.7 Å². The van der Waals surface area contributed by atoms with Crippen molar-refractivity contribution < 1.29 is 14.0 Å². The van der Waals surface area contributed by atoms with Crippen molar-refractivity contribution in [1.82, 2.24) is 20.4 Å². The van der Waals surface area contributed by atoms with Gasteiger partial charge in [-0.2, -0.15) is 5.10 Å². The Kier molecular flexibility index (Phi) is 4.42. The molecule has 136 valence electrons. The van der Waals surface area contributed by atoms with Crippen molar-refractivity contribution in [3.63, 3.8) is 0 Å². The van der Waals surface area contributed by atoms with E-state index < -0.39 is 11.9 Å². The second-order valence-electron chi connectivity index (χ2n) is 6.27. The normalized spacial score (nSPS) is 16.9. The number of carbonyl (C=O) groups excluding carboxylic acids is 2. The van der Waals surface area contributed by atoms with E-state index in [4.69, 9.17) is 0 Å². The zero-order valence-electron chi connectivity index (χ0n) is 14.4. The number of aromatic nitrogens is 2. The molecule has 1 aliphatic rings. The third-order valence-corrected chi connectivity index (χ3v) is 4.57. The van der Waals surface area contributed by atoms with Gasteiger partial charge in [0.15, 0.2) is 0 Å². The minimum absolute atomic E-state index is 0.325. The molecule has 2 aromatic carbocycles. The van der Waals surface area contributed by atoms with Crippen LogP contribution in [0, 0.1) is 5.82 Å². The molecule has 1 fully saturated rings. The molecule has 0 radical (unpaired) electrons. The molecule has 1 aromatic heterocycles. The van der Waals surface area contributed by atoms with Gasteiger partial charge in [0.2, 0.25) is 5.91 Å². The zero-order chi connectivity index (χ0) is 18.8. The van der Waals surface area contributed by atoms with E-state index in [2.05, 4.69) is 15.5 Å². The summed E-state index contributed by atoms with van der Waals surface area (Å²) in [5.74, 6) is -1.11. The highest BCUT2D eigenvalue weighted by Gasteiger charge is 2.36. The maximum atomic E-state index is 13.7. The largest absolute Gasteiger partial charge is 0.352 e. The number of H-pyrrole nitrogens is 1. The summed E-state index contributed by atoms with van der Waals surface area (Å²) in [6.07, 6.45) is 1.46. The van der Waals surface area contributed by atoms with Crippen LogP contribution in [0.3, 0.4) is 0 Å². The number of hydrogen-bond donors (Lipinski definition) is 2. The van der Waals surface area contributed by atoms with Crippen LogP contribution in [0.5, 0.6) is 0 Å². The van der Waals surface area contributed by atoms with Gasteiger partial charge in [-0.15, -0.1) is 0 Å². The second-order valence-corrected chi connectivity index (χ2v) is 6.27. The molecular weight excluding hydrogens is 347 g/mol. The van der Waals surface area contributed by atoms with Crippen LogP contribution in [0.15, 0.2) is 60.8 Å². The lowest BCUT2D eigenvalue weighted by atomic mass is 10.00. The van der Waals surface area contributed by atoms with E-state index in [0.717, 1.165) is 5.56 Å². The Morgan fingerprint density at radius 1 is 1.15 bits per heavy atom. The van der Waals surface area contributed by atoms with Crippen molar-refractivity contribution in [2.24, 2.45) is 0 Å². The van der Waals surface area contributed by atoms with Gasteiger partial charge in [-0.25, -0.2) is 4.39 Å². The minimum atomic E-state index is -0.888. The Bertz CT molecular complexity index is 986. The van der Waals surface area contributed by atoms with Gasteiger partial charge in [0, 0.05) is 18.7 Å². The maximum absolute atomic E-state index is 13.7. The number of rotatable bonds is 3. The molecule has 0 saturated carbocycles. The number of hydrogen-bond acceptors (Lipinski definition) is 3. The fraction of sp³-hybridized carbons (Fsp3) is 0.150. The Labute approximate surface area is 155 Å². The van der Waals surface area contributed by atoms with E-state index >= 15 is 0 Å². The number of piperazine rings is 1. The van der Waals surface area contributed by atoms with Crippen LogP contribution >= 0.6 is 0 Å². The average Bonchev–Trinajstić information content (AvgIpc) is 3.18. The summed E-state index contributed by atoms with van der Waals surface area (Å²) >= 11 is 0. The molecule has 3 aromatic rings. The van der Waals surface area contributed by atoms with E-state index in [-0.39, 0.29) is 11.8 Å². The van der Waals surface area contributed by atoms with Gasteiger partial charge in [-0.3, -0.25) is 14.7 Å². The van der Waals surface area contributed by atoms with Crippen molar-refractivity contribution >= 4 is 11.8 Å². The Hall–Kier alpha value is -3.48. The number of halogens is 1. The first kappa shape index (κ1) is 17.0. The van der Waals surface area contributed by atoms with Crippen molar-refractivity contribution in [1.29, 1.82) is 0 Å². The van der Waals surface area contributed by atoms with Crippen LogP contribution in [0.1, 0.15) is 22.0 Å². The SMILES string of the molecule is O=C1NCCN(C(=O)c2cn[nH]c2-c2ccccc2)C1c1cccc(F)c1. The summed E-state index contributed by atoms with van der Waals surface area (Å²) in [7, 11) is 0. The van der Waals surface area contributed by atoms with Gasteiger partial charge in [-0.1, -0.05) is 42.5 Å². The predicted octanol–water partition coefficient (Wildman–Crippen LogP) is 2.53. The van der Waals surface area contributed by atoms with Gasteiger partial charge < -0.3 is 10.2 Å². The highest BCUT2D eigenvalue weighted by Crippen LogP contribution is 2.28. The Balaban J connectivity index is 1.72. The number of nitrogens with zero attached hydrogens (tertiary/aromatic N) is 2. The summed E-state index contributed by atoms with van der Waals surface area (Å²) in [5, 5.41) is 9.62. The zero-order valence-corrected chi connectivity index (χ0v) is 14.4. The first-order valence-electron chi connectivity index (χ1n) is 8.58. The van der Waals surface area contributed by atoms with Crippen LogP contribution in [-0.4, -0.2) is 40.0 Å². The number of carbonyl (C=O) groups is 2. The van der Waals surface area contributed by atoms with E-state index in [0.29, 0.717) is 29.9 Å². The predicted molar refractivity (Wildman–Crippen MR) is 97.2 cm³/mol. The average molecular weight is 364 g/mol. The molecule has 0 aliphatic carbocycles. The molecule has 1 saturated heterocycles. The third kappa shape index (κ3) is 3.19. The Morgan fingerprint density at radius 2 is 1.96 bits per heavy atom. The molecule has 2 amide bonds. The van der Waals surface area contributed by atoms with Gasteiger partial charge in [0.25, 0.3) is 5.91 Å². The van der Waals surface area contributed by atoms with Gasteiger partial charge >= 0.3 is 0 Å². The van der Waals surface area contributed by atoms with Crippen LogP contribution in [-0.2, 0) is 4.79 Å². The van der Waals surface area contributed by atoms with Crippen molar-refractivity contribution in [2.75, 3.05) is 13.1 Å². The molecule has 2 heterocycles. The molecule has 1 aliphatic heterocycles. The van der Waals surface area contributed by atoms with Gasteiger partial charge in [0.1, 0.15) is 11.9 Å². The lowest BCUT2D eigenvalue weighted by molar-refractivity contribution is -0.128. The summed E-state index contributed by atoms with van der Waals surface area (Å²) < 4.78 is 13.7. The molecular formula is C20H17FN4O2. The minimum Gasteiger partial charge on any atom is -0.352 e. The van der Waals surface area contributed by atoms with E-state index in [1.54, 1.807) is 6.07 Å². The van der Waals surface area contributed by atoms with Crippen LogP contribution < -0.4 is 5.32 Å². The topological polar surface area (TPSA) is 78.1 Å². The van der Waals surface area contributed by atoms with Gasteiger partial charge in [-0.05, 0) is 17.7 Å². The number of nitrogens with one attached hydrogen (secondary N) is 2. The highest BCUT2D eigenvalue weighted by atomic mass is 19.1. The van der Waals surface area contributed by atoms with E-state index in [1.807, 2.05) is 30.3 Å². The van der Waals surface area contributed by atoms with Crippen molar-refractivity contribution in [2.45, 2.75) is 6.04 Å². The smallest absolute Gasteiger partial charge is 0.258 e. The summed E-state index contributed by atoms with van der Waals surface area (Å²) in [4.78, 5) is 27.2. The molecule has 0 spiro atoms. The monoisotopic (exact) mass is 364 g/mol. The summed E-state index contributed by atoms with van der Waals surface area (Å²) in [6, 6.07) is 14.2. The number of amides is 2. The molecule has 1 unspecified atom stereocenters. The highest BCUT2D eigenvalue weighted by molar-refractivity contribution is 6.02. The summed E-state index contributed by atoms with van der Waals surface area (Å²) in [5.41, 5.74) is 2.22. The molecule has 6 nitrogen and oxygen atoms in total. The molecule has 4 rings (SSSR count). The standard InChI is InChI=1S/C20H17FN4O2/c21-15-8-4-7-14(11-15)18-19(26)22-9-10-25(18)20(27)16-12-23-24-17(16)13-5-2-1-3-6-13/h1-8,11-12,18H,9-10H2,(H,22,26)(H,23,24). The molecule has 2 N–H and O–H groups in total. The second kappa shape index (κ2) is 7.03. The third-order valence-electron chi connectivity index (χ3n) is 4.57. The molecule has 1 atom stereocenters. The number of aromatic amines is 1. The van der Waals surface area contributed by atoms with Crippen molar-refractivity contribution in [3.8, 4) is 11.3 Å². The lowest BCUT2D eigenvalue weighted by Gasteiger charge is -2.35. The maximum Gasteiger partial charge on any atom is 0.258 e.